The van der Waals surface area contributed by atoms with Crippen LogP contribution in [0.4, 0.5) is 5.69 Å². The van der Waals surface area contributed by atoms with E-state index >= 15 is 0 Å². The molecule has 17 heavy (non-hydrogen) atoms. The Kier molecular flexibility index (Phi) is 3.74. The summed E-state index contributed by atoms with van der Waals surface area (Å²) >= 11 is 0. The second-order valence-electron chi connectivity index (χ2n) is 4.68. The second kappa shape index (κ2) is 5.27. The van der Waals surface area contributed by atoms with Crippen molar-refractivity contribution in [3.63, 3.8) is 0 Å². The molecule has 4 nitrogen and oxygen atoms in total. The maximum absolute atomic E-state index is 12.1. The third kappa shape index (κ3) is 2.82. The molecule has 0 spiro atoms. The average Bonchev–Trinajstić information content (AvgIpc) is 2.32. The third-order valence-corrected chi connectivity index (χ3v) is 3.32. The number of aryl methyl sites for hydroxylation is 1. The van der Waals surface area contributed by atoms with Crippen LogP contribution in [-0.2, 0) is 4.79 Å². The molecule has 1 amide bonds. The van der Waals surface area contributed by atoms with Crippen molar-refractivity contribution in [2.45, 2.75) is 32.7 Å². The number of aromatic nitrogens is 1. The van der Waals surface area contributed by atoms with E-state index in [9.17, 15) is 4.79 Å². The Balaban J connectivity index is 2.03. The van der Waals surface area contributed by atoms with Gasteiger partial charge >= 0.3 is 0 Å². The highest BCUT2D eigenvalue weighted by Crippen LogP contribution is 2.18. The number of piperidine rings is 1. The first-order chi connectivity index (χ1) is 8.18. The predicted molar refractivity (Wildman–Crippen MR) is 67.8 cm³/mol. The lowest BCUT2D eigenvalue weighted by Gasteiger charge is -2.29. The Hall–Kier alpha value is -1.42. The van der Waals surface area contributed by atoms with Crippen LogP contribution in [0.3, 0.4) is 0 Å². The van der Waals surface area contributed by atoms with E-state index in [-0.39, 0.29) is 11.9 Å². The highest BCUT2D eigenvalue weighted by Gasteiger charge is 2.27. The maximum atomic E-state index is 12.1. The van der Waals surface area contributed by atoms with Crippen molar-refractivity contribution in [1.29, 1.82) is 0 Å². The van der Waals surface area contributed by atoms with Gasteiger partial charge in [0.05, 0.1) is 17.4 Å². The van der Waals surface area contributed by atoms with E-state index in [0.717, 1.165) is 30.8 Å². The van der Waals surface area contributed by atoms with Gasteiger partial charge in [-0.3, -0.25) is 9.78 Å². The molecule has 2 unspecified atom stereocenters. The molecule has 2 N–H and O–H groups in total. The zero-order valence-electron chi connectivity index (χ0n) is 10.4. The summed E-state index contributed by atoms with van der Waals surface area (Å²) in [6.07, 6.45) is 3.99. The third-order valence-electron chi connectivity index (χ3n) is 3.32. The topological polar surface area (TPSA) is 54.0 Å². The maximum Gasteiger partial charge on any atom is 0.241 e. The van der Waals surface area contributed by atoms with Gasteiger partial charge < -0.3 is 10.6 Å². The van der Waals surface area contributed by atoms with Crippen LogP contribution in [0.15, 0.2) is 18.3 Å². The lowest BCUT2D eigenvalue weighted by Crippen LogP contribution is -2.48. The number of nitrogens with zero attached hydrogens (tertiary/aromatic N) is 1. The summed E-state index contributed by atoms with van der Waals surface area (Å²) in [5.41, 5.74) is 1.65. The van der Waals surface area contributed by atoms with Gasteiger partial charge in [-0.25, -0.2) is 0 Å². The second-order valence-corrected chi connectivity index (χ2v) is 4.68. The Morgan fingerprint density at radius 3 is 3.12 bits per heavy atom. The van der Waals surface area contributed by atoms with Crippen LogP contribution >= 0.6 is 0 Å². The summed E-state index contributed by atoms with van der Waals surface area (Å²) in [5, 5.41) is 6.22. The number of amides is 1. The zero-order chi connectivity index (χ0) is 12.3. The van der Waals surface area contributed by atoms with E-state index < -0.39 is 0 Å². The number of nitrogens with one attached hydrogen (secondary N) is 2. The summed E-state index contributed by atoms with van der Waals surface area (Å²) < 4.78 is 0. The number of pyridine rings is 1. The fraction of sp³-hybridized carbons (Fsp3) is 0.538. The average molecular weight is 233 g/mol. The summed E-state index contributed by atoms with van der Waals surface area (Å²) in [7, 11) is 0. The monoisotopic (exact) mass is 233 g/mol. The summed E-state index contributed by atoms with van der Waals surface area (Å²) in [6, 6.07) is 3.64. The van der Waals surface area contributed by atoms with Gasteiger partial charge in [0.2, 0.25) is 5.91 Å². The minimum atomic E-state index is -0.0802. The highest BCUT2D eigenvalue weighted by molar-refractivity contribution is 5.95. The molecule has 0 aliphatic carbocycles. The van der Waals surface area contributed by atoms with Gasteiger partial charge in [0.1, 0.15) is 0 Å². The number of carbonyl (C=O) groups excluding carboxylic acids is 1. The van der Waals surface area contributed by atoms with E-state index in [1.54, 1.807) is 6.20 Å². The van der Waals surface area contributed by atoms with Gasteiger partial charge in [-0.15, -0.1) is 0 Å². The van der Waals surface area contributed by atoms with Gasteiger partial charge in [-0.05, 0) is 44.4 Å². The fourth-order valence-corrected chi connectivity index (χ4v) is 2.23. The fourth-order valence-electron chi connectivity index (χ4n) is 2.23. The van der Waals surface area contributed by atoms with Gasteiger partial charge in [-0.2, -0.15) is 0 Å². The van der Waals surface area contributed by atoms with E-state index in [1.807, 2.05) is 19.1 Å². The molecule has 1 aromatic heterocycles. The molecule has 1 aliphatic heterocycles. The molecule has 92 valence electrons. The smallest absolute Gasteiger partial charge is 0.241 e. The molecular formula is C13H19N3O. The van der Waals surface area contributed by atoms with E-state index in [0.29, 0.717) is 5.92 Å². The first kappa shape index (κ1) is 12.0. The van der Waals surface area contributed by atoms with E-state index in [2.05, 4.69) is 22.5 Å². The van der Waals surface area contributed by atoms with Crippen LogP contribution in [0, 0.1) is 12.8 Å². The molecule has 2 heterocycles. The molecule has 0 saturated carbocycles. The molecule has 4 heteroatoms. The van der Waals surface area contributed by atoms with Crippen molar-refractivity contribution in [2.24, 2.45) is 5.92 Å². The van der Waals surface area contributed by atoms with Crippen molar-refractivity contribution in [3.8, 4) is 0 Å². The standard InChI is InChI=1S/C13H19N3O/c1-9-5-3-8-15-12(9)13(17)16-11-6-4-7-14-10(11)2/h4,6-7,9,12,15H,3,5,8H2,1-2H3,(H,16,17). The van der Waals surface area contributed by atoms with Crippen LogP contribution in [0.25, 0.3) is 0 Å². The Morgan fingerprint density at radius 2 is 2.41 bits per heavy atom. The van der Waals surface area contributed by atoms with Gasteiger partial charge in [0, 0.05) is 6.20 Å². The molecule has 2 atom stereocenters. The molecule has 1 fully saturated rings. The van der Waals surface area contributed by atoms with Crippen LogP contribution < -0.4 is 10.6 Å². The molecule has 1 aliphatic rings. The predicted octanol–water partition coefficient (Wildman–Crippen LogP) is 1.72. The van der Waals surface area contributed by atoms with Crippen molar-refractivity contribution in [1.82, 2.24) is 10.3 Å². The molecular weight excluding hydrogens is 214 g/mol. The van der Waals surface area contributed by atoms with Crippen molar-refractivity contribution >= 4 is 11.6 Å². The number of hydrogen-bond donors (Lipinski definition) is 2. The Labute approximate surface area is 102 Å². The summed E-state index contributed by atoms with van der Waals surface area (Å²) in [6.45, 7) is 4.94. The van der Waals surface area contributed by atoms with Gasteiger partial charge in [0.25, 0.3) is 0 Å². The van der Waals surface area contributed by atoms with Crippen LogP contribution in [0.2, 0.25) is 0 Å². The molecule has 0 aromatic carbocycles. The summed E-state index contributed by atoms with van der Waals surface area (Å²) in [5.74, 6) is 0.439. The SMILES string of the molecule is Cc1ncccc1NC(=O)C1NCCCC1C. The zero-order valence-corrected chi connectivity index (χ0v) is 10.4. The lowest BCUT2D eigenvalue weighted by molar-refractivity contribution is -0.119. The number of hydrogen-bond acceptors (Lipinski definition) is 3. The van der Waals surface area contributed by atoms with Crippen molar-refractivity contribution < 1.29 is 4.79 Å². The van der Waals surface area contributed by atoms with Crippen molar-refractivity contribution in [3.05, 3.63) is 24.0 Å². The summed E-state index contributed by atoms with van der Waals surface area (Å²) in [4.78, 5) is 16.3. The first-order valence-electron chi connectivity index (χ1n) is 6.14. The van der Waals surface area contributed by atoms with E-state index in [4.69, 9.17) is 0 Å². The Morgan fingerprint density at radius 1 is 1.59 bits per heavy atom. The Bertz CT molecular complexity index is 405. The quantitative estimate of drug-likeness (QED) is 0.817. The van der Waals surface area contributed by atoms with Crippen LogP contribution in [0.5, 0.6) is 0 Å². The molecule has 0 bridgehead atoms. The first-order valence-corrected chi connectivity index (χ1v) is 6.14. The molecule has 0 radical (unpaired) electrons. The van der Waals surface area contributed by atoms with Crippen LogP contribution in [0.1, 0.15) is 25.5 Å². The molecule has 1 saturated heterocycles. The largest absolute Gasteiger partial charge is 0.323 e. The van der Waals surface area contributed by atoms with Gasteiger partial charge in [0.15, 0.2) is 0 Å². The van der Waals surface area contributed by atoms with Crippen molar-refractivity contribution in [2.75, 3.05) is 11.9 Å². The normalized spacial score (nSPS) is 24.4. The number of anilines is 1. The lowest BCUT2D eigenvalue weighted by atomic mass is 9.92. The van der Waals surface area contributed by atoms with Gasteiger partial charge in [-0.1, -0.05) is 6.92 Å². The molecule has 2 rings (SSSR count). The minimum absolute atomic E-state index is 0.0494. The minimum Gasteiger partial charge on any atom is -0.323 e. The van der Waals surface area contributed by atoms with E-state index in [1.165, 1.54) is 0 Å². The number of carbonyl (C=O) groups is 1. The molecule has 1 aromatic rings. The van der Waals surface area contributed by atoms with Crippen LogP contribution in [-0.4, -0.2) is 23.5 Å². The number of rotatable bonds is 2. The highest BCUT2D eigenvalue weighted by atomic mass is 16.2.